The van der Waals surface area contributed by atoms with Gasteiger partial charge in [0.2, 0.25) is 5.91 Å². The quantitative estimate of drug-likeness (QED) is 0.923. The van der Waals surface area contributed by atoms with Gasteiger partial charge in [0, 0.05) is 13.0 Å². The minimum atomic E-state index is -4.47. The number of rotatable bonds is 4. The van der Waals surface area contributed by atoms with Gasteiger partial charge in [-0.05, 0) is 12.0 Å². The van der Waals surface area contributed by atoms with Gasteiger partial charge < -0.3 is 10.1 Å². The molecular weight excluding hydrogens is 271 g/mol. The van der Waals surface area contributed by atoms with Crippen LogP contribution in [0.2, 0.25) is 0 Å². The van der Waals surface area contributed by atoms with E-state index in [0.717, 1.165) is 0 Å². The smallest absolute Gasteiger partial charge is 0.381 e. The van der Waals surface area contributed by atoms with Gasteiger partial charge in [0.15, 0.2) is 0 Å². The van der Waals surface area contributed by atoms with Crippen LogP contribution in [-0.2, 0) is 16.0 Å². The van der Waals surface area contributed by atoms with E-state index in [9.17, 15) is 18.0 Å². The molecule has 2 atom stereocenters. The summed E-state index contributed by atoms with van der Waals surface area (Å²) in [5.74, 6) is -1.06. The van der Waals surface area contributed by atoms with Crippen LogP contribution in [0.1, 0.15) is 12.0 Å². The maximum atomic E-state index is 13.0. The summed E-state index contributed by atoms with van der Waals surface area (Å²) in [4.78, 5) is 11.8. The summed E-state index contributed by atoms with van der Waals surface area (Å²) in [5.41, 5.74) is 0.540. The SMILES string of the molecule is O=C(NC(Cc1ccccc1)C(F)(F)F)C1CCOC1. The molecule has 1 heterocycles. The number of benzene rings is 1. The lowest BCUT2D eigenvalue weighted by atomic mass is 10.0. The predicted octanol–water partition coefficient (Wildman–Crippen LogP) is 2.31. The molecule has 2 rings (SSSR count). The molecule has 2 unspecified atom stereocenters. The molecule has 0 spiro atoms. The Kier molecular flexibility index (Phi) is 4.65. The highest BCUT2D eigenvalue weighted by Gasteiger charge is 2.41. The first-order valence-electron chi connectivity index (χ1n) is 6.45. The van der Waals surface area contributed by atoms with Crippen molar-refractivity contribution in [3.63, 3.8) is 0 Å². The van der Waals surface area contributed by atoms with E-state index >= 15 is 0 Å². The second-order valence-electron chi connectivity index (χ2n) is 4.85. The molecule has 6 heteroatoms. The van der Waals surface area contributed by atoms with E-state index in [0.29, 0.717) is 18.6 Å². The third-order valence-corrected chi connectivity index (χ3v) is 3.29. The Morgan fingerprint density at radius 3 is 2.60 bits per heavy atom. The van der Waals surface area contributed by atoms with Crippen molar-refractivity contribution in [1.82, 2.24) is 5.32 Å². The van der Waals surface area contributed by atoms with Crippen LogP contribution in [0.5, 0.6) is 0 Å². The number of alkyl halides is 3. The van der Waals surface area contributed by atoms with Crippen LogP contribution in [0.15, 0.2) is 30.3 Å². The molecule has 1 aromatic carbocycles. The van der Waals surface area contributed by atoms with E-state index in [-0.39, 0.29) is 13.0 Å². The molecule has 1 aliphatic rings. The van der Waals surface area contributed by atoms with Gasteiger partial charge >= 0.3 is 6.18 Å². The van der Waals surface area contributed by atoms with E-state index < -0.39 is 24.0 Å². The fraction of sp³-hybridized carbons (Fsp3) is 0.500. The molecule has 1 fully saturated rings. The van der Waals surface area contributed by atoms with Gasteiger partial charge in [-0.25, -0.2) is 0 Å². The van der Waals surface area contributed by atoms with Gasteiger partial charge in [-0.3, -0.25) is 4.79 Å². The van der Waals surface area contributed by atoms with Crippen LogP contribution in [0, 0.1) is 5.92 Å². The number of hydrogen-bond acceptors (Lipinski definition) is 2. The highest BCUT2D eigenvalue weighted by atomic mass is 19.4. The van der Waals surface area contributed by atoms with E-state index in [2.05, 4.69) is 5.32 Å². The highest BCUT2D eigenvalue weighted by molar-refractivity contribution is 5.79. The Balaban J connectivity index is 2.02. The van der Waals surface area contributed by atoms with Crippen molar-refractivity contribution in [2.24, 2.45) is 5.92 Å². The molecule has 1 amide bonds. The summed E-state index contributed by atoms with van der Waals surface area (Å²) in [6, 6.07) is 6.45. The van der Waals surface area contributed by atoms with Crippen molar-refractivity contribution < 1.29 is 22.7 Å². The molecule has 0 radical (unpaired) electrons. The lowest BCUT2D eigenvalue weighted by molar-refractivity contribution is -0.162. The minimum Gasteiger partial charge on any atom is -0.381 e. The second kappa shape index (κ2) is 6.26. The maximum Gasteiger partial charge on any atom is 0.408 e. The molecule has 1 aliphatic heterocycles. The molecule has 0 bridgehead atoms. The van der Waals surface area contributed by atoms with Gasteiger partial charge in [-0.15, -0.1) is 0 Å². The summed E-state index contributed by atoms with van der Waals surface area (Å²) < 4.78 is 44.0. The molecule has 3 nitrogen and oxygen atoms in total. The minimum absolute atomic E-state index is 0.196. The summed E-state index contributed by atoms with van der Waals surface area (Å²) in [6.07, 6.45) is -4.25. The first-order valence-corrected chi connectivity index (χ1v) is 6.45. The van der Waals surface area contributed by atoms with Crippen LogP contribution in [0.25, 0.3) is 0 Å². The Hall–Kier alpha value is -1.56. The molecule has 1 aromatic rings. The van der Waals surface area contributed by atoms with Crippen molar-refractivity contribution in [3.05, 3.63) is 35.9 Å². The molecular formula is C14H16F3NO2. The number of ether oxygens (including phenoxy) is 1. The molecule has 110 valence electrons. The lowest BCUT2D eigenvalue weighted by Crippen LogP contribution is -2.48. The van der Waals surface area contributed by atoms with E-state index in [4.69, 9.17) is 4.74 Å². The molecule has 0 aliphatic carbocycles. The third kappa shape index (κ3) is 3.96. The Morgan fingerprint density at radius 1 is 1.35 bits per heavy atom. The van der Waals surface area contributed by atoms with Crippen LogP contribution in [-0.4, -0.2) is 31.3 Å². The molecule has 0 aromatic heterocycles. The molecule has 20 heavy (non-hydrogen) atoms. The van der Waals surface area contributed by atoms with Gasteiger partial charge in [-0.1, -0.05) is 30.3 Å². The Bertz CT molecular complexity index is 441. The third-order valence-electron chi connectivity index (χ3n) is 3.29. The van der Waals surface area contributed by atoms with E-state index in [1.54, 1.807) is 30.3 Å². The lowest BCUT2D eigenvalue weighted by Gasteiger charge is -2.23. The van der Waals surface area contributed by atoms with Gasteiger partial charge in [-0.2, -0.15) is 13.2 Å². The summed E-state index contributed by atoms with van der Waals surface area (Å²) >= 11 is 0. The van der Waals surface area contributed by atoms with Crippen molar-refractivity contribution in [3.8, 4) is 0 Å². The normalized spacial score (nSPS) is 20.6. The molecule has 1 N–H and O–H groups in total. The zero-order chi connectivity index (χ0) is 14.6. The zero-order valence-corrected chi connectivity index (χ0v) is 10.8. The first-order chi connectivity index (χ1) is 9.47. The second-order valence-corrected chi connectivity index (χ2v) is 4.85. The molecule has 1 saturated heterocycles. The van der Waals surface area contributed by atoms with Crippen LogP contribution < -0.4 is 5.32 Å². The van der Waals surface area contributed by atoms with Gasteiger partial charge in [0.05, 0.1) is 12.5 Å². The summed E-state index contributed by atoms with van der Waals surface area (Å²) in [6.45, 7) is 0.620. The number of nitrogens with one attached hydrogen (secondary N) is 1. The monoisotopic (exact) mass is 287 g/mol. The van der Waals surface area contributed by atoms with E-state index in [1.807, 2.05) is 0 Å². The summed E-state index contributed by atoms with van der Waals surface area (Å²) in [7, 11) is 0. The number of carbonyl (C=O) groups excluding carboxylic acids is 1. The predicted molar refractivity (Wildman–Crippen MR) is 67.1 cm³/mol. The number of halogens is 3. The van der Waals surface area contributed by atoms with Crippen LogP contribution in [0.4, 0.5) is 13.2 Å². The van der Waals surface area contributed by atoms with Crippen molar-refractivity contribution in [2.75, 3.05) is 13.2 Å². The summed E-state index contributed by atoms with van der Waals surface area (Å²) in [5, 5.41) is 2.10. The van der Waals surface area contributed by atoms with Crippen molar-refractivity contribution in [1.29, 1.82) is 0 Å². The highest BCUT2D eigenvalue weighted by Crippen LogP contribution is 2.24. The van der Waals surface area contributed by atoms with E-state index in [1.165, 1.54) is 0 Å². The van der Waals surface area contributed by atoms with Crippen LogP contribution >= 0.6 is 0 Å². The van der Waals surface area contributed by atoms with Crippen LogP contribution in [0.3, 0.4) is 0 Å². The van der Waals surface area contributed by atoms with Gasteiger partial charge in [0.1, 0.15) is 6.04 Å². The van der Waals surface area contributed by atoms with Crippen molar-refractivity contribution >= 4 is 5.91 Å². The zero-order valence-electron chi connectivity index (χ0n) is 10.8. The molecule has 0 saturated carbocycles. The topological polar surface area (TPSA) is 38.3 Å². The number of hydrogen-bond donors (Lipinski definition) is 1. The Labute approximate surface area is 115 Å². The van der Waals surface area contributed by atoms with Crippen molar-refractivity contribution in [2.45, 2.75) is 25.1 Å². The average molecular weight is 287 g/mol. The number of amides is 1. The van der Waals surface area contributed by atoms with Gasteiger partial charge in [0.25, 0.3) is 0 Å². The standard InChI is InChI=1S/C14H16F3NO2/c15-14(16,17)12(8-10-4-2-1-3-5-10)18-13(19)11-6-7-20-9-11/h1-5,11-12H,6-9H2,(H,18,19). The number of carbonyl (C=O) groups is 1. The fourth-order valence-corrected chi connectivity index (χ4v) is 2.13. The largest absolute Gasteiger partial charge is 0.408 e. The average Bonchev–Trinajstić information content (AvgIpc) is 2.92. The first kappa shape index (κ1) is 14.8. The Morgan fingerprint density at radius 2 is 2.05 bits per heavy atom. The fourth-order valence-electron chi connectivity index (χ4n) is 2.13. The maximum absolute atomic E-state index is 13.0.